The van der Waals surface area contributed by atoms with Crippen molar-refractivity contribution in [3.63, 3.8) is 0 Å². The first kappa shape index (κ1) is 23.1. The molecule has 1 amide bonds. The lowest BCUT2D eigenvalue weighted by Crippen LogP contribution is -2.49. The molecule has 37 heavy (non-hydrogen) atoms. The van der Waals surface area contributed by atoms with Gasteiger partial charge in [-0.1, -0.05) is 5.10 Å². The maximum atomic E-state index is 13.4. The van der Waals surface area contributed by atoms with Gasteiger partial charge in [0.1, 0.15) is 11.5 Å². The summed E-state index contributed by atoms with van der Waals surface area (Å²) in [7, 11) is 1.85. The summed E-state index contributed by atoms with van der Waals surface area (Å²) in [5, 5.41) is 27.1. The minimum atomic E-state index is -0.294. The van der Waals surface area contributed by atoms with Gasteiger partial charge in [-0.05, 0) is 61.5 Å². The van der Waals surface area contributed by atoms with E-state index in [0.29, 0.717) is 23.3 Å². The van der Waals surface area contributed by atoms with Crippen molar-refractivity contribution >= 4 is 34.3 Å². The maximum absolute atomic E-state index is 13.4. The van der Waals surface area contributed by atoms with E-state index in [2.05, 4.69) is 59.2 Å². The average molecular weight is 500 g/mol. The Morgan fingerprint density at radius 3 is 2.89 bits per heavy atom. The Labute approximate surface area is 213 Å². The number of aromatic amines is 1. The molecule has 0 radical (unpaired) electrons. The monoisotopic (exact) mass is 499 g/mol. The minimum absolute atomic E-state index is 0.193. The van der Waals surface area contributed by atoms with Gasteiger partial charge in [-0.25, -0.2) is 9.67 Å². The number of pyridine rings is 1. The summed E-state index contributed by atoms with van der Waals surface area (Å²) in [6.45, 7) is 8.75. The average Bonchev–Trinajstić information content (AvgIpc) is 3.55. The second-order valence-corrected chi connectivity index (χ2v) is 9.65. The number of H-pyrrole nitrogens is 1. The molecule has 3 N–H and O–H groups in total. The van der Waals surface area contributed by atoms with Gasteiger partial charge >= 0.3 is 0 Å². The third-order valence-corrected chi connectivity index (χ3v) is 7.23. The smallest absolute Gasteiger partial charge is 0.255 e. The van der Waals surface area contributed by atoms with Crippen LogP contribution in [0.15, 0.2) is 47.8 Å². The number of benzene rings is 1. The van der Waals surface area contributed by atoms with Gasteiger partial charge in [-0.2, -0.15) is 5.10 Å². The lowest BCUT2D eigenvalue weighted by Gasteiger charge is -2.32. The Hall–Kier alpha value is -4.32. The number of fused-ring (bicyclic) bond motifs is 2. The van der Waals surface area contributed by atoms with Crippen LogP contribution in [0.2, 0.25) is 0 Å². The number of piperazine rings is 1. The third-order valence-electron chi connectivity index (χ3n) is 7.23. The van der Waals surface area contributed by atoms with Crippen LogP contribution in [-0.4, -0.2) is 74.0 Å². The number of aromatic nitrogens is 7. The van der Waals surface area contributed by atoms with Gasteiger partial charge in [-0.3, -0.25) is 9.89 Å². The highest BCUT2D eigenvalue weighted by Crippen LogP contribution is 2.34. The standard InChI is InChI=1S/C25H29N11O/c1-14-13-35(10-9-26-14)21-11-17(7-8-27-21)23-19-12-18(5-6-20(19)29-30-23)28-24(37)22-15(2)34(4)25-31-32-33-36(25)16(22)3/h5-8,11-12,14,16,26H,9-10,13H2,1-4H3,(H,28,37)(H,29,30)/t14-,16?/m0/s1. The predicted octanol–water partition coefficient (Wildman–Crippen LogP) is 2.33. The van der Waals surface area contributed by atoms with Crippen LogP contribution in [0.1, 0.15) is 26.8 Å². The molecular formula is C25H29N11O. The number of anilines is 3. The lowest BCUT2D eigenvalue weighted by molar-refractivity contribution is -0.113. The van der Waals surface area contributed by atoms with Crippen molar-refractivity contribution in [2.75, 3.05) is 41.8 Å². The van der Waals surface area contributed by atoms with Gasteiger partial charge in [0.25, 0.3) is 5.91 Å². The molecule has 1 fully saturated rings. The van der Waals surface area contributed by atoms with Crippen molar-refractivity contribution in [1.82, 2.24) is 40.7 Å². The van der Waals surface area contributed by atoms with Gasteiger partial charge < -0.3 is 20.4 Å². The highest BCUT2D eigenvalue weighted by atomic mass is 16.1. The maximum Gasteiger partial charge on any atom is 0.255 e. The van der Waals surface area contributed by atoms with Crippen LogP contribution in [0.25, 0.3) is 22.2 Å². The van der Waals surface area contributed by atoms with Crippen molar-refractivity contribution in [2.24, 2.45) is 0 Å². The van der Waals surface area contributed by atoms with E-state index in [1.807, 2.05) is 56.3 Å². The van der Waals surface area contributed by atoms with E-state index in [-0.39, 0.29) is 11.9 Å². The zero-order valence-corrected chi connectivity index (χ0v) is 21.2. The SMILES string of the molecule is CC1=C(C(=O)Nc2ccc3[nH]nc(-c4ccnc(N5CCN[C@@H](C)C5)c4)c3c2)C(C)n2nnnc2N1C. The van der Waals surface area contributed by atoms with Crippen molar-refractivity contribution < 1.29 is 4.79 Å². The number of hydrogen-bond acceptors (Lipinski definition) is 9. The molecule has 4 aromatic rings. The van der Waals surface area contributed by atoms with Crippen LogP contribution in [0.3, 0.4) is 0 Å². The summed E-state index contributed by atoms with van der Waals surface area (Å²) in [5.41, 5.74) is 4.78. The van der Waals surface area contributed by atoms with E-state index in [9.17, 15) is 4.79 Å². The number of hydrogen-bond donors (Lipinski definition) is 3. The first-order valence-corrected chi connectivity index (χ1v) is 12.4. The Kier molecular flexibility index (Phi) is 5.60. The number of tetrazole rings is 1. The highest BCUT2D eigenvalue weighted by Gasteiger charge is 2.32. The molecular weight excluding hydrogens is 470 g/mol. The molecule has 0 aliphatic carbocycles. The number of carbonyl (C=O) groups excluding carboxylic acids is 1. The molecule has 0 bridgehead atoms. The van der Waals surface area contributed by atoms with Gasteiger partial charge in [0, 0.05) is 61.3 Å². The summed E-state index contributed by atoms with van der Waals surface area (Å²) < 4.78 is 1.65. The Morgan fingerprint density at radius 2 is 2.05 bits per heavy atom. The topological polar surface area (TPSA) is 133 Å². The number of amides is 1. The molecule has 6 rings (SSSR count). The normalized spacial score (nSPS) is 19.9. The zero-order chi connectivity index (χ0) is 25.7. The molecule has 5 heterocycles. The van der Waals surface area contributed by atoms with E-state index >= 15 is 0 Å². The summed E-state index contributed by atoms with van der Waals surface area (Å²) >= 11 is 0. The molecule has 1 aromatic carbocycles. The Morgan fingerprint density at radius 1 is 1.19 bits per heavy atom. The van der Waals surface area contributed by atoms with E-state index < -0.39 is 0 Å². The second kappa shape index (κ2) is 8.96. The quantitative estimate of drug-likeness (QED) is 0.387. The third kappa shape index (κ3) is 3.99. The molecule has 190 valence electrons. The summed E-state index contributed by atoms with van der Waals surface area (Å²) in [4.78, 5) is 22.1. The Balaban J connectivity index is 1.29. The van der Waals surface area contributed by atoms with Crippen LogP contribution in [0.4, 0.5) is 17.5 Å². The fourth-order valence-corrected chi connectivity index (χ4v) is 5.16. The lowest BCUT2D eigenvalue weighted by atomic mass is 10.0. The van der Waals surface area contributed by atoms with Gasteiger partial charge in [-0.15, -0.1) is 0 Å². The van der Waals surface area contributed by atoms with Crippen molar-refractivity contribution in [3.05, 3.63) is 47.8 Å². The molecule has 3 aromatic heterocycles. The fraction of sp³-hybridized carbons (Fsp3) is 0.360. The minimum Gasteiger partial charge on any atom is -0.354 e. The van der Waals surface area contributed by atoms with Crippen LogP contribution in [0, 0.1) is 0 Å². The molecule has 0 saturated carbocycles. The fourth-order valence-electron chi connectivity index (χ4n) is 5.16. The van der Waals surface area contributed by atoms with Crippen molar-refractivity contribution in [2.45, 2.75) is 32.9 Å². The number of rotatable bonds is 4. The van der Waals surface area contributed by atoms with Crippen molar-refractivity contribution in [3.8, 4) is 11.3 Å². The molecule has 1 saturated heterocycles. The molecule has 2 aliphatic rings. The molecule has 0 spiro atoms. The van der Waals surface area contributed by atoms with Crippen LogP contribution >= 0.6 is 0 Å². The molecule has 2 aliphatic heterocycles. The highest BCUT2D eigenvalue weighted by molar-refractivity contribution is 6.07. The summed E-state index contributed by atoms with van der Waals surface area (Å²) in [6, 6.07) is 9.92. The number of allylic oxidation sites excluding steroid dienone is 1. The predicted molar refractivity (Wildman–Crippen MR) is 141 cm³/mol. The molecule has 1 unspecified atom stereocenters. The van der Waals surface area contributed by atoms with Crippen LogP contribution in [0.5, 0.6) is 0 Å². The zero-order valence-electron chi connectivity index (χ0n) is 21.2. The summed E-state index contributed by atoms with van der Waals surface area (Å²) in [5.74, 6) is 1.35. The first-order valence-electron chi connectivity index (χ1n) is 12.4. The largest absolute Gasteiger partial charge is 0.354 e. The van der Waals surface area contributed by atoms with E-state index in [1.165, 1.54) is 0 Å². The van der Waals surface area contributed by atoms with E-state index in [0.717, 1.165) is 53.3 Å². The van der Waals surface area contributed by atoms with Crippen LogP contribution < -0.4 is 20.4 Å². The first-order chi connectivity index (χ1) is 17.9. The van der Waals surface area contributed by atoms with Crippen LogP contribution in [-0.2, 0) is 4.79 Å². The second-order valence-electron chi connectivity index (χ2n) is 9.65. The van der Waals surface area contributed by atoms with Gasteiger partial charge in [0.15, 0.2) is 0 Å². The number of nitrogens with zero attached hydrogens (tertiary/aromatic N) is 8. The number of carbonyl (C=O) groups is 1. The molecule has 2 atom stereocenters. The van der Waals surface area contributed by atoms with Gasteiger partial charge in [0.2, 0.25) is 5.95 Å². The Bertz CT molecular complexity index is 1520. The van der Waals surface area contributed by atoms with E-state index in [4.69, 9.17) is 0 Å². The van der Waals surface area contributed by atoms with Gasteiger partial charge in [0.05, 0.1) is 17.1 Å². The molecule has 12 heteroatoms. The number of nitrogens with one attached hydrogen (secondary N) is 3. The molecule has 12 nitrogen and oxygen atoms in total. The van der Waals surface area contributed by atoms with E-state index in [1.54, 1.807) is 4.68 Å². The van der Waals surface area contributed by atoms with Crippen molar-refractivity contribution in [1.29, 1.82) is 0 Å². The summed E-state index contributed by atoms with van der Waals surface area (Å²) in [6.07, 6.45) is 1.83.